The number of unbranched alkanes of at least 4 members (excludes halogenated alkanes) is 1. The Morgan fingerprint density at radius 2 is 1.79 bits per heavy atom. The van der Waals surface area contributed by atoms with Gasteiger partial charge in [-0.3, -0.25) is 4.79 Å². The van der Waals surface area contributed by atoms with Gasteiger partial charge in [-0.1, -0.05) is 19.4 Å². The van der Waals surface area contributed by atoms with Crippen LogP contribution < -0.4 is 20.3 Å². The molecule has 152 valence electrons. The zero-order chi connectivity index (χ0) is 20.2. The third kappa shape index (κ3) is 4.70. The second kappa shape index (κ2) is 8.55. The standard InChI is InChI=1S/C23H27N3O3/c1-2-3-14-29-20-10-8-18(9-11-20)24-23(28)25-19-7-6-16-12-13-26(21(16)15-19)22(27)17-4-5-17/h6-11,15,17H,2-5,12-14H2,1H3,(H2,24,25,28). The molecule has 2 aromatic carbocycles. The Morgan fingerprint density at radius 1 is 1.07 bits per heavy atom. The first-order valence-electron chi connectivity index (χ1n) is 10.4. The van der Waals surface area contributed by atoms with Crippen LogP contribution in [0.5, 0.6) is 5.75 Å². The number of urea groups is 1. The van der Waals surface area contributed by atoms with Crippen molar-refractivity contribution in [3.8, 4) is 5.75 Å². The number of carbonyl (C=O) groups is 2. The maximum absolute atomic E-state index is 12.5. The lowest BCUT2D eigenvalue weighted by Crippen LogP contribution is -2.30. The smallest absolute Gasteiger partial charge is 0.323 e. The van der Waals surface area contributed by atoms with Crippen molar-refractivity contribution in [1.29, 1.82) is 0 Å². The van der Waals surface area contributed by atoms with Crippen LogP contribution in [0.3, 0.4) is 0 Å². The molecule has 0 saturated heterocycles. The van der Waals surface area contributed by atoms with Gasteiger partial charge in [0.15, 0.2) is 0 Å². The number of nitrogens with zero attached hydrogens (tertiary/aromatic N) is 1. The zero-order valence-corrected chi connectivity index (χ0v) is 16.7. The van der Waals surface area contributed by atoms with E-state index in [0.717, 1.165) is 55.6 Å². The van der Waals surface area contributed by atoms with Crippen LogP contribution in [0.25, 0.3) is 0 Å². The molecule has 6 heteroatoms. The van der Waals surface area contributed by atoms with Crippen molar-refractivity contribution in [2.45, 2.75) is 39.0 Å². The molecule has 1 aliphatic carbocycles. The van der Waals surface area contributed by atoms with Gasteiger partial charge < -0.3 is 20.3 Å². The molecule has 1 aliphatic heterocycles. The summed E-state index contributed by atoms with van der Waals surface area (Å²) in [5, 5.41) is 5.69. The number of anilines is 3. The third-order valence-electron chi connectivity index (χ3n) is 5.31. The van der Waals surface area contributed by atoms with Crippen LogP contribution in [0.1, 0.15) is 38.2 Å². The predicted octanol–water partition coefficient (Wildman–Crippen LogP) is 4.81. The molecular formula is C23H27N3O3. The Bertz CT molecular complexity index is 891. The maximum Gasteiger partial charge on any atom is 0.323 e. The van der Waals surface area contributed by atoms with E-state index in [1.807, 2.05) is 47.4 Å². The number of benzene rings is 2. The van der Waals surface area contributed by atoms with Crippen molar-refractivity contribution in [1.82, 2.24) is 0 Å². The Labute approximate surface area is 171 Å². The van der Waals surface area contributed by atoms with Gasteiger partial charge >= 0.3 is 6.03 Å². The van der Waals surface area contributed by atoms with Gasteiger partial charge in [-0.15, -0.1) is 0 Å². The van der Waals surface area contributed by atoms with Gasteiger partial charge in [0.05, 0.1) is 6.61 Å². The highest BCUT2D eigenvalue weighted by Gasteiger charge is 2.36. The van der Waals surface area contributed by atoms with Crippen LogP contribution in [-0.2, 0) is 11.2 Å². The first kappa shape index (κ1) is 19.3. The first-order valence-corrected chi connectivity index (χ1v) is 10.4. The fraction of sp³-hybridized carbons (Fsp3) is 0.391. The Morgan fingerprint density at radius 3 is 2.52 bits per heavy atom. The summed E-state index contributed by atoms with van der Waals surface area (Å²) in [7, 11) is 0. The van der Waals surface area contributed by atoms with Gasteiger partial charge in [-0.05, 0) is 67.6 Å². The summed E-state index contributed by atoms with van der Waals surface area (Å²) in [5.41, 5.74) is 3.45. The van der Waals surface area contributed by atoms with Crippen molar-refractivity contribution in [3.63, 3.8) is 0 Å². The molecule has 1 fully saturated rings. The largest absolute Gasteiger partial charge is 0.494 e. The molecule has 0 bridgehead atoms. The Balaban J connectivity index is 1.35. The van der Waals surface area contributed by atoms with Crippen molar-refractivity contribution >= 4 is 29.0 Å². The molecule has 2 aliphatic rings. The lowest BCUT2D eigenvalue weighted by molar-refractivity contribution is -0.119. The molecule has 0 spiro atoms. The minimum atomic E-state index is -0.317. The monoisotopic (exact) mass is 393 g/mol. The predicted molar refractivity (Wildman–Crippen MR) is 115 cm³/mol. The lowest BCUT2D eigenvalue weighted by atomic mass is 10.1. The fourth-order valence-electron chi connectivity index (χ4n) is 3.50. The number of fused-ring (bicyclic) bond motifs is 1. The van der Waals surface area contributed by atoms with Crippen molar-refractivity contribution in [3.05, 3.63) is 48.0 Å². The van der Waals surface area contributed by atoms with E-state index in [0.29, 0.717) is 18.0 Å². The van der Waals surface area contributed by atoms with E-state index < -0.39 is 0 Å². The Hall–Kier alpha value is -3.02. The van der Waals surface area contributed by atoms with Crippen LogP contribution in [0.15, 0.2) is 42.5 Å². The summed E-state index contributed by atoms with van der Waals surface area (Å²) in [6.07, 6.45) is 4.97. The third-order valence-corrected chi connectivity index (χ3v) is 5.31. The molecule has 0 unspecified atom stereocenters. The topological polar surface area (TPSA) is 70.7 Å². The van der Waals surface area contributed by atoms with E-state index in [1.165, 1.54) is 0 Å². The number of rotatable bonds is 7. The van der Waals surface area contributed by atoms with Gasteiger partial charge in [0.25, 0.3) is 0 Å². The SMILES string of the molecule is CCCCOc1ccc(NC(=O)Nc2ccc3c(c2)N(C(=O)C2CC2)CC3)cc1. The number of hydrogen-bond acceptors (Lipinski definition) is 3. The summed E-state index contributed by atoms with van der Waals surface area (Å²) in [4.78, 5) is 26.7. The van der Waals surface area contributed by atoms with Gasteiger partial charge in [-0.25, -0.2) is 4.79 Å². The van der Waals surface area contributed by atoms with Crippen LogP contribution in [0, 0.1) is 5.92 Å². The molecule has 0 atom stereocenters. The number of hydrogen-bond donors (Lipinski definition) is 2. The highest BCUT2D eigenvalue weighted by atomic mass is 16.5. The summed E-state index contributed by atoms with van der Waals surface area (Å²) in [5.74, 6) is 1.20. The summed E-state index contributed by atoms with van der Waals surface area (Å²) in [6, 6.07) is 12.8. The number of carbonyl (C=O) groups excluding carboxylic acids is 2. The highest BCUT2D eigenvalue weighted by Crippen LogP contribution is 2.37. The van der Waals surface area contributed by atoms with Crippen LogP contribution in [0.4, 0.5) is 21.9 Å². The minimum Gasteiger partial charge on any atom is -0.494 e. The molecule has 2 N–H and O–H groups in total. The zero-order valence-electron chi connectivity index (χ0n) is 16.7. The molecule has 4 rings (SSSR count). The van der Waals surface area contributed by atoms with Crippen LogP contribution in [-0.4, -0.2) is 25.1 Å². The van der Waals surface area contributed by atoms with E-state index in [4.69, 9.17) is 4.74 Å². The van der Waals surface area contributed by atoms with E-state index in [9.17, 15) is 9.59 Å². The molecule has 0 aromatic heterocycles. The van der Waals surface area contributed by atoms with E-state index >= 15 is 0 Å². The Kier molecular flexibility index (Phi) is 5.69. The van der Waals surface area contributed by atoms with E-state index in [1.54, 1.807) is 0 Å². The molecule has 29 heavy (non-hydrogen) atoms. The quantitative estimate of drug-likeness (QED) is 0.663. The molecule has 1 heterocycles. The fourth-order valence-corrected chi connectivity index (χ4v) is 3.50. The van der Waals surface area contributed by atoms with Gasteiger partial charge in [0.2, 0.25) is 5.91 Å². The minimum absolute atomic E-state index is 0.190. The average molecular weight is 393 g/mol. The molecule has 1 saturated carbocycles. The van der Waals surface area contributed by atoms with E-state index in [2.05, 4.69) is 17.6 Å². The van der Waals surface area contributed by atoms with Gasteiger partial charge in [-0.2, -0.15) is 0 Å². The molecule has 3 amide bonds. The molecule has 2 aromatic rings. The summed E-state index contributed by atoms with van der Waals surface area (Å²) < 4.78 is 5.63. The first-order chi connectivity index (χ1) is 14.1. The van der Waals surface area contributed by atoms with E-state index in [-0.39, 0.29) is 17.9 Å². The number of nitrogens with one attached hydrogen (secondary N) is 2. The second-order valence-electron chi connectivity index (χ2n) is 7.66. The van der Waals surface area contributed by atoms with Gasteiger partial charge in [0, 0.05) is 29.5 Å². The summed E-state index contributed by atoms with van der Waals surface area (Å²) >= 11 is 0. The lowest BCUT2D eigenvalue weighted by Gasteiger charge is -2.18. The maximum atomic E-state index is 12.5. The van der Waals surface area contributed by atoms with Crippen molar-refractivity contribution < 1.29 is 14.3 Å². The normalized spacial score (nSPS) is 15.0. The van der Waals surface area contributed by atoms with Crippen molar-refractivity contribution in [2.75, 3.05) is 28.7 Å². The second-order valence-corrected chi connectivity index (χ2v) is 7.66. The van der Waals surface area contributed by atoms with Crippen LogP contribution >= 0.6 is 0 Å². The molecule has 0 radical (unpaired) electrons. The average Bonchev–Trinajstić information content (AvgIpc) is 3.49. The number of amides is 3. The number of ether oxygens (including phenoxy) is 1. The van der Waals surface area contributed by atoms with Crippen LogP contribution in [0.2, 0.25) is 0 Å². The summed E-state index contributed by atoms with van der Waals surface area (Å²) in [6.45, 7) is 3.55. The van der Waals surface area contributed by atoms with Crippen molar-refractivity contribution in [2.24, 2.45) is 5.92 Å². The molecular weight excluding hydrogens is 366 g/mol. The highest BCUT2D eigenvalue weighted by molar-refractivity contribution is 6.02. The molecule has 6 nitrogen and oxygen atoms in total. The van der Waals surface area contributed by atoms with Gasteiger partial charge in [0.1, 0.15) is 5.75 Å².